The zero-order valence-corrected chi connectivity index (χ0v) is 24.2. The zero-order valence-electron chi connectivity index (χ0n) is 18.5. The summed E-state index contributed by atoms with van der Waals surface area (Å²) in [6.07, 6.45) is 3.24. The van der Waals surface area contributed by atoms with Crippen LogP contribution in [0.25, 0.3) is 16.9 Å². The summed E-state index contributed by atoms with van der Waals surface area (Å²) in [5, 5.41) is 8.06. The zero-order chi connectivity index (χ0) is 21.9. The Labute approximate surface area is 233 Å². The maximum atomic E-state index is 11.1. The second kappa shape index (κ2) is 12.7. The van der Waals surface area contributed by atoms with Crippen LogP contribution in [0.3, 0.4) is 0 Å². The van der Waals surface area contributed by atoms with Gasteiger partial charge in [0, 0.05) is 22.6 Å². The maximum absolute atomic E-state index is 11.1. The molecule has 3 aromatic rings. The van der Waals surface area contributed by atoms with Crippen LogP contribution in [0.4, 0.5) is 0 Å². The number of hydrogen-bond acceptors (Lipinski definition) is 10. The monoisotopic (exact) mass is 497 g/mol. The van der Waals surface area contributed by atoms with Gasteiger partial charge in [0.2, 0.25) is 5.75 Å². The number of benzene rings is 2. The fraction of sp³-hybridized carbons (Fsp3) is 0.222. The first-order valence-electron chi connectivity index (χ1n) is 8.42. The van der Waals surface area contributed by atoms with E-state index in [1.54, 1.807) is 30.5 Å². The molecule has 0 aliphatic rings. The van der Waals surface area contributed by atoms with Crippen LogP contribution in [0.5, 0.6) is 23.0 Å². The summed E-state index contributed by atoms with van der Waals surface area (Å²) in [5.41, 5.74) is 1.62. The minimum atomic E-state index is -5.22. The van der Waals surface area contributed by atoms with Gasteiger partial charge in [0.25, 0.3) is 0 Å². The van der Waals surface area contributed by atoms with Gasteiger partial charge >= 0.3 is 59.1 Å². The number of phosphoric acid groups is 1. The number of thioether (sulfide) groups is 1. The molecule has 0 spiro atoms. The average molecular weight is 497 g/mol. The minimum Gasteiger partial charge on any atom is -0.780 e. The second-order valence-electron chi connectivity index (χ2n) is 5.82. The molecule has 32 heavy (non-hydrogen) atoms. The molecular weight excluding hydrogens is 479 g/mol. The molecule has 0 radical (unpaired) electrons. The average Bonchev–Trinajstić information content (AvgIpc) is 3.21. The van der Waals surface area contributed by atoms with Gasteiger partial charge in [0.05, 0.1) is 38.9 Å². The normalized spacial score (nSPS) is 10.6. The van der Waals surface area contributed by atoms with Gasteiger partial charge in [0.15, 0.2) is 11.5 Å². The predicted molar refractivity (Wildman–Crippen MR) is 106 cm³/mol. The van der Waals surface area contributed by atoms with Crippen molar-refractivity contribution in [3.63, 3.8) is 0 Å². The second-order valence-corrected chi connectivity index (χ2v) is 7.74. The minimum absolute atomic E-state index is 0. The first kappa shape index (κ1) is 29.3. The van der Waals surface area contributed by atoms with Gasteiger partial charge in [-0.1, -0.05) is 11.3 Å². The van der Waals surface area contributed by atoms with Crippen LogP contribution in [-0.4, -0.2) is 42.6 Å². The molecule has 1 heterocycles. The van der Waals surface area contributed by atoms with Crippen LogP contribution < -0.4 is 87.6 Å². The molecule has 0 aliphatic heterocycles. The van der Waals surface area contributed by atoms with E-state index in [2.05, 4.69) is 14.8 Å². The molecule has 14 heteroatoms. The van der Waals surface area contributed by atoms with Crippen molar-refractivity contribution in [2.45, 2.75) is 4.90 Å². The van der Waals surface area contributed by atoms with E-state index in [4.69, 9.17) is 14.2 Å². The van der Waals surface area contributed by atoms with E-state index in [1.807, 2.05) is 0 Å². The van der Waals surface area contributed by atoms with Gasteiger partial charge in [0.1, 0.15) is 13.6 Å². The fourth-order valence-electron chi connectivity index (χ4n) is 2.84. The van der Waals surface area contributed by atoms with Crippen molar-refractivity contribution in [1.29, 1.82) is 0 Å². The third-order valence-electron chi connectivity index (χ3n) is 4.11. The van der Waals surface area contributed by atoms with Gasteiger partial charge in [-0.3, -0.25) is 0 Å². The molecular formula is C18H18N3Na2O7PS. The summed E-state index contributed by atoms with van der Waals surface area (Å²) in [6.45, 7) is 0. The Kier molecular flexibility index (Phi) is 11.6. The molecule has 0 bridgehead atoms. The molecule has 2 aromatic carbocycles. The van der Waals surface area contributed by atoms with Crippen molar-refractivity contribution in [3.8, 4) is 39.9 Å². The van der Waals surface area contributed by atoms with Gasteiger partial charge in [-0.25, -0.2) is 4.68 Å². The van der Waals surface area contributed by atoms with Crippen molar-refractivity contribution in [2.24, 2.45) is 0 Å². The molecule has 1 aromatic heterocycles. The molecule has 0 fully saturated rings. The first-order chi connectivity index (χ1) is 14.3. The fourth-order valence-corrected chi connectivity index (χ4v) is 3.80. The third kappa shape index (κ3) is 6.66. The van der Waals surface area contributed by atoms with E-state index >= 15 is 0 Å². The van der Waals surface area contributed by atoms with Gasteiger partial charge in [-0.15, -0.1) is 16.9 Å². The Morgan fingerprint density at radius 2 is 1.59 bits per heavy atom. The van der Waals surface area contributed by atoms with Crippen LogP contribution in [-0.2, 0) is 4.57 Å². The maximum Gasteiger partial charge on any atom is 1.00 e. The Hall–Kier alpha value is -0.720. The third-order valence-corrected chi connectivity index (χ3v) is 5.31. The van der Waals surface area contributed by atoms with E-state index in [0.29, 0.717) is 39.1 Å². The van der Waals surface area contributed by atoms with E-state index in [1.165, 1.54) is 50.0 Å². The van der Waals surface area contributed by atoms with Crippen LogP contribution >= 0.6 is 19.6 Å². The predicted octanol–water partition coefficient (Wildman–Crippen LogP) is -4.10. The molecule has 3 rings (SSSR count). The topological polar surface area (TPSA) is 131 Å². The number of methoxy groups -OCH3 is 3. The summed E-state index contributed by atoms with van der Waals surface area (Å²) < 4.78 is 33.4. The first-order valence-corrected chi connectivity index (χ1v) is 11.1. The molecule has 0 saturated heterocycles. The largest absolute Gasteiger partial charge is 1.00 e. The summed E-state index contributed by atoms with van der Waals surface area (Å²) in [4.78, 5) is 22.8. The van der Waals surface area contributed by atoms with Crippen molar-refractivity contribution < 1.29 is 92.2 Å². The Balaban J connectivity index is 0.00000256. The van der Waals surface area contributed by atoms with Crippen molar-refractivity contribution in [3.05, 3.63) is 36.5 Å². The van der Waals surface area contributed by atoms with Crippen molar-refractivity contribution in [2.75, 3.05) is 27.6 Å². The summed E-state index contributed by atoms with van der Waals surface area (Å²) in [7, 11) is -0.726. The Bertz CT molecular complexity index is 1080. The molecule has 0 N–H and O–H groups in total. The van der Waals surface area contributed by atoms with Gasteiger partial charge < -0.3 is 33.1 Å². The Morgan fingerprint density at radius 3 is 2.09 bits per heavy atom. The number of rotatable bonds is 8. The van der Waals surface area contributed by atoms with E-state index in [0.717, 1.165) is 0 Å². The quantitative estimate of drug-likeness (QED) is 0.172. The van der Waals surface area contributed by atoms with Crippen molar-refractivity contribution in [1.82, 2.24) is 15.0 Å². The molecule has 0 amide bonds. The molecule has 0 saturated carbocycles. The van der Waals surface area contributed by atoms with Crippen molar-refractivity contribution >= 4 is 19.6 Å². The number of hydrogen-bond donors (Lipinski definition) is 0. The van der Waals surface area contributed by atoms with E-state index < -0.39 is 7.82 Å². The number of ether oxygens (including phenoxy) is 3. The molecule has 0 aliphatic carbocycles. The van der Waals surface area contributed by atoms with Crippen LogP contribution in [0, 0.1) is 0 Å². The molecule has 0 atom stereocenters. The molecule has 0 unspecified atom stereocenters. The standard InChI is InChI=1S/C18H20N3O7PS.2Na/c1-25-15-8-12(9-16(26-2)18(15)27-3)21-13(10-19-20-21)11-5-6-17(30-4)14(7-11)28-29(22,23)24;;/h5-10H,1-4H3,(H2,22,23,24);;/q;2*+1/p-2. The SMILES string of the molecule is COc1cc(-n2nncc2-c2ccc(SC)c(OP(=O)([O-])[O-])c2)cc(OC)c1OC.[Na+].[Na+]. The Morgan fingerprint density at radius 1 is 0.969 bits per heavy atom. The smallest absolute Gasteiger partial charge is 0.780 e. The van der Waals surface area contributed by atoms with Crippen LogP contribution in [0.1, 0.15) is 0 Å². The number of nitrogens with zero attached hydrogens (tertiary/aromatic N) is 3. The van der Waals surface area contributed by atoms with Gasteiger partial charge in [-0.05, 0) is 18.4 Å². The molecule has 160 valence electrons. The van der Waals surface area contributed by atoms with Crippen LogP contribution in [0.15, 0.2) is 41.4 Å². The van der Waals surface area contributed by atoms with E-state index in [9.17, 15) is 14.4 Å². The summed E-state index contributed by atoms with van der Waals surface area (Å²) >= 11 is 1.25. The van der Waals surface area contributed by atoms with E-state index in [-0.39, 0.29) is 64.9 Å². The summed E-state index contributed by atoms with van der Waals surface area (Å²) in [6, 6.07) is 8.22. The van der Waals surface area contributed by atoms with Gasteiger partial charge in [-0.2, -0.15) is 0 Å². The number of phosphoric ester groups is 1. The molecule has 10 nitrogen and oxygen atoms in total. The summed E-state index contributed by atoms with van der Waals surface area (Å²) in [5.74, 6) is 1.21. The number of aromatic nitrogens is 3. The van der Waals surface area contributed by atoms with Crippen LogP contribution in [0.2, 0.25) is 0 Å².